The fraction of sp³-hybridized carbons (Fsp3) is 0.824. The summed E-state index contributed by atoms with van der Waals surface area (Å²) in [5, 5.41) is 3.09. The first-order valence-electron chi connectivity index (χ1n) is 8.46. The molecule has 2 rings (SSSR count). The van der Waals surface area contributed by atoms with Gasteiger partial charge in [-0.15, -0.1) is 0 Å². The van der Waals surface area contributed by atoms with E-state index in [1.807, 2.05) is 4.90 Å². The Morgan fingerprint density at radius 2 is 1.86 bits per heavy atom. The Morgan fingerprint density at radius 3 is 2.43 bits per heavy atom. The lowest BCUT2D eigenvalue weighted by Crippen LogP contribution is -2.39. The number of fused-ring (bicyclic) bond motifs is 1. The van der Waals surface area contributed by atoms with Crippen LogP contribution in [0.25, 0.3) is 0 Å². The highest BCUT2D eigenvalue weighted by atomic mass is 16.2. The highest BCUT2D eigenvalue weighted by Gasteiger charge is 2.34. The second-order valence-corrected chi connectivity index (χ2v) is 6.88. The van der Waals surface area contributed by atoms with E-state index in [1.54, 1.807) is 0 Å². The Morgan fingerprint density at radius 1 is 1.24 bits per heavy atom. The third-order valence-electron chi connectivity index (χ3n) is 5.00. The van der Waals surface area contributed by atoms with Gasteiger partial charge in [0.25, 0.3) is 0 Å². The molecule has 0 radical (unpaired) electrons. The van der Waals surface area contributed by atoms with Crippen LogP contribution in [0.4, 0.5) is 4.79 Å². The van der Waals surface area contributed by atoms with E-state index in [4.69, 9.17) is 0 Å². The van der Waals surface area contributed by atoms with Gasteiger partial charge in [0.05, 0.1) is 0 Å². The number of carbonyl (C=O) groups excluding carboxylic acids is 1. The van der Waals surface area contributed by atoms with Crippen LogP contribution in [0.2, 0.25) is 0 Å². The molecule has 0 aromatic carbocycles. The van der Waals surface area contributed by atoms with E-state index in [2.05, 4.69) is 43.3 Å². The Bertz CT molecular complexity index is 351. The van der Waals surface area contributed by atoms with E-state index in [1.165, 1.54) is 0 Å². The molecule has 0 aromatic rings. The maximum Gasteiger partial charge on any atom is 0.317 e. The summed E-state index contributed by atoms with van der Waals surface area (Å²) in [6, 6.07) is 0.739. The lowest BCUT2D eigenvalue weighted by atomic mass is 9.86. The molecular weight excluding hydrogens is 262 g/mol. The summed E-state index contributed by atoms with van der Waals surface area (Å²) in [5.41, 5.74) is 0. The van der Waals surface area contributed by atoms with E-state index in [0.29, 0.717) is 17.9 Å². The van der Waals surface area contributed by atoms with Crippen molar-refractivity contribution >= 4 is 6.03 Å². The molecular formula is C17H31N3O. The number of unbranched alkanes of at least 4 members (excludes halogenated alkanes) is 1. The average molecular weight is 293 g/mol. The maximum atomic E-state index is 12.2. The molecule has 0 saturated carbocycles. The molecule has 1 N–H and O–H groups in total. The van der Waals surface area contributed by atoms with Gasteiger partial charge in [-0.25, -0.2) is 4.79 Å². The lowest BCUT2D eigenvalue weighted by Gasteiger charge is -2.21. The predicted molar refractivity (Wildman–Crippen MR) is 87.3 cm³/mol. The molecule has 2 atom stereocenters. The smallest absolute Gasteiger partial charge is 0.317 e. The number of hydrogen-bond acceptors (Lipinski definition) is 2. The summed E-state index contributed by atoms with van der Waals surface area (Å²) in [7, 11) is 2.16. The summed E-state index contributed by atoms with van der Waals surface area (Å²) in [5.74, 6) is 1.39. The molecule has 0 unspecified atom stereocenters. The van der Waals surface area contributed by atoms with Crippen molar-refractivity contribution in [1.29, 1.82) is 0 Å². The molecule has 1 aliphatic heterocycles. The van der Waals surface area contributed by atoms with E-state index < -0.39 is 0 Å². The van der Waals surface area contributed by atoms with Crippen LogP contribution in [-0.2, 0) is 0 Å². The summed E-state index contributed by atoms with van der Waals surface area (Å²) >= 11 is 0. The molecule has 2 aliphatic rings. The van der Waals surface area contributed by atoms with E-state index >= 15 is 0 Å². The standard InChI is InChI=1S/C17H31N3O/c1-14(2)19(3)11-7-6-10-18-17(21)20-12-15-8-4-5-9-16(15)13-20/h4-5,14-16H,6-13H2,1-3H3,(H,18,21)/t15-,16-/m1/s1. The van der Waals surface area contributed by atoms with Gasteiger partial charge >= 0.3 is 6.03 Å². The molecule has 120 valence electrons. The Hall–Kier alpha value is -1.03. The fourth-order valence-electron chi connectivity index (χ4n) is 3.23. The van der Waals surface area contributed by atoms with Crippen LogP contribution >= 0.6 is 0 Å². The zero-order valence-corrected chi connectivity index (χ0v) is 13.8. The van der Waals surface area contributed by atoms with Crippen molar-refractivity contribution in [2.75, 3.05) is 33.2 Å². The number of allylic oxidation sites excluding steroid dienone is 2. The summed E-state index contributed by atoms with van der Waals surface area (Å²) < 4.78 is 0. The highest BCUT2D eigenvalue weighted by molar-refractivity contribution is 5.74. The summed E-state index contributed by atoms with van der Waals surface area (Å²) in [6.07, 6.45) is 9.04. The predicted octanol–water partition coefficient (Wildman–Crippen LogP) is 2.71. The maximum absolute atomic E-state index is 12.2. The Balaban J connectivity index is 1.58. The van der Waals surface area contributed by atoms with Crippen molar-refractivity contribution in [3.8, 4) is 0 Å². The van der Waals surface area contributed by atoms with Crippen molar-refractivity contribution in [2.24, 2.45) is 11.8 Å². The molecule has 1 aliphatic carbocycles. The fourth-order valence-corrected chi connectivity index (χ4v) is 3.23. The largest absolute Gasteiger partial charge is 0.338 e. The number of nitrogens with one attached hydrogen (secondary N) is 1. The van der Waals surface area contributed by atoms with Gasteiger partial charge in [0.15, 0.2) is 0 Å². The molecule has 0 aromatic heterocycles. The first kappa shape index (κ1) is 16.3. The highest BCUT2D eigenvalue weighted by Crippen LogP contribution is 2.32. The second-order valence-electron chi connectivity index (χ2n) is 6.88. The molecule has 1 heterocycles. The zero-order chi connectivity index (χ0) is 15.2. The molecule has 1 saturated heterocycles. The quantitative estimate of drug-likeness (QED) is 0.604. The third kappa shape index (κ3) is 4.73. The molecule has 0 spiro atoms. The lowest BCUT2D eigenvalue weighted by molar-refractivity contribution is 0.205. The van der Waals surface area contributed by atoms with Crippen LogP contribution < -0.4 is 5.32 Å². The minimum absolute atomic E-state index is 0.140. The monoisotopic (exact) mass is 293 g/mol. The average Bonchev–Trinajstić information content (AvgIpc) is 2.90. The van der Waals surface area contributed by atoms with Crippen LogP contribution in [-0.4, -0.2) is 55.1 Å². The topological polar surface area (TPSA) is 35.6 Å². The van der Waals surface area contributed by atoms with Crippen LogP contribution in [0.1, 0.15) is 39.5 Å². The minimum atomic E-state index is 0.140. The second kappa shape index (κ2) is 7.83. The van der Waals surface area contributed by atoms with Crippen molar-refractivity contribution in [3.63, 3.8) is 0 Å². The minimum Gasteiger partial charge on any atom is -0.338 e. The van der Waals surface area contributed by atoms with Gasteiger partial charge in [0, 0.05) is 25.7 Å². The number of amides is 2. The number of nitrogens with zero attached hydrogens (tertiary/aromatic N) is 2. The molecule has 21 heavy (non-hydrogen) atoms. The van der Waals surface area contributed by atoms with Gasteiger partial charge < -0.3 is 15.1 Å². The Kier molecular flexibility index (Phi) is 6.09. The molecule has 0 bridgehead atoms. The van der Waals surface area contributed by atoms with Gasteiger partial charge in [0.1, 0.15) is 0 Å². The van der Waals surface area contributed by atoms with E-state index in [-0.39, 0.29) is 6.03 Å². The zero-order valence-electron chi connectivity index (χ0n) is 13.8. The van der Waals surface area contributed by atoms with Crippen molar-refractivity contribution in [3.05, 3.63) is 12.2 Å². The number of likely N-dealkylation sites (tertiary alicyclic amines) is 1. The number of hydrogen-bond donors (Lipinski definition) is 1. The number of carbonyl (C=O) groups is 1. The van der Waals surface area contributed by atoms with E-state index in [9.17, 15) is 4.79 Å². The van der Waals surface area contributed by atoms with Crippen LogP contribution in [0.15, 0.2) is 12.2 Å². The van der Waals surface area contributed by atoms with Crippen LogP contribution in [0.3, 0.4) is 0 Å². The van der Waals surface area contributed by atoms with Crippen molar-refractivity contribution < 1.29 is 4.79 Å². The SMILES string of the molecule is CC(C)N(C)CCCCNC(=O)N1C[C@H]2CC=CC[C@@H]2C1. The van der Waals surface area contributed by atoms with Gasteiger partial charge in [-0.05, 0) is 65.0 Å². The molecule has 4 nitrogen and oxygen atoms in total. The van der Waals surface area contributed by atoms with Gasteiger partial charge in [-0.1, -0.05) is 12.2 Å². The van der Waals surface area contributed by atoms with Crippen LogP contribution in [0, 0.1) is 11.8 Å². The molecule has 1 fully saturated rings. The van der Waals surface area contributed by atoms with Crippen LogP contribution in [0.5, 0.6) is 0 Å². The van der Waals surface area contributed by atoms with Crippen molar-refractivity contribution in [2.45, 2.75) is 45.6 Å². The summed E-state index contributed by atoms with van der Waals surface area (Å²) in [4.78, 5) is 16.5. The third-order valence-corrected chi connectivity index (χ3v) is 5.00. The summed E-state index contributed by atoms with van der Waals surface area (Å²) in [6.45, 7) is 8.21. The number of urea groups is 1. The van der Waals surface area contributed by atoms with Gasteiger partial charge in [-0.2, -0.15) is 0 Å². The first-order chi connectivity index (χ1) is 10.1. The first-order valence-corrected chi connectivity index (χ1v) is 8.46. The molecule has 4 heteroatoms. The number of rotatable bonds is 6. The van der Waals surface area contributed by atoms with E-state index in [0.717, 1.165) is 51.9 Å². The molecule has 2 amide bonds. The van der Waals surface area contributed by atoms with Crippen molar-refractivity contribution in [1.82, 2.24) is 15.1 Å². The van der Waals surface area contributed by atoms with Gasteiger partial charge in [-0.3, -0.25) is 0 Å². The normalized spacial score (nSPS) is 24.7. The Labute approximate surface area is 129 Å². The van der Waals surface area contributed by atoms with Gasteiger partial charge in [0.2, 0.25) is 0 Å².